The molecular formula is C18H25NO. The van der Waals surface area contributed by atoms with Crippen molar-refractivity contribution in [3.8, 4) is 5.75 Å². The van der Waals surface area contributed by atoms with Gasteiger partial charge in [0.1, 0.15) is 5.75 Å². The summed E-state index contributed by atoms with van der Waals surface area (Å²) < 4.78 is 5.42. The number of methoxy groups -OCH3 is 1. The number of rotatable bonds is 3. The van der Waals surface area contributed by atoms with Crippen molar-refractivity contribution in [2.75, 3.05) is 7.11 Å². The molecule has 20 heavy (non-hydrogen) atoms. The van der Waals surface area contributed by atoms with E-state index in [4.69, 9.17) is 10.5 Å². The monoisotopic (exact) mass is 271 g/mol. The van der Waals surface area contributed by atoms with Gasteiger partial charge in [0.05, 0.1) is 7.11 Å². The second-order valence-corrected chi connectivity index (χ2v) is 7.23. The predicted molar refractivity (Wildman–Crippen MR) is 80.7 cm³/mol. The molecular weight excluding hydrogens is 246 g/mol. The van der Waals surface area contributed by atoms with Crippen LogP contribution in [0, 0.1) is 23.7 Å². The first-order valence-corrected chi connectivity index (χ1v) is 8.15. The Bertz CT molecular complexity index is 482. The van der Waals surface area contributed by atoms with Crippen LogP contribution in [0.15, 0.2) is 18.2 Å². The third-order valence-electron chi connectivity index (χ3n) is 6.14. The molecule has 4 saturated carbocycles. The summed E-state index contributed by atoms with van der Waals surface area (Å²) in [5.74, 6) is 5.69. The SMILES string of the molecule is COc1ccc(C2C3CC4CC(C3)CC2C4)cc1CN. The molecule has 4 aliphatic rings. The van der Waals surface area contributed by atoms with Crippen molar-refractivity contribution in [3.63, 3.8) is 0 Å². The fraction of sp³-hybridized carbons (Fsp3) is 0.667. The number of ether oxygens (including phenoxy) is 1. The number of benzene rings is 1. The minimum atomic E-state index is 0.574. The average Bonchev–Trinajstić information content (AvgIpc) is 2.46. The Morgan fingerprint density at radius 1 is 1.05 bits per heavy atom. The van der Waals surface area contributed by atoms with Crippen LogP contribution in [-0.2, 0) is 6.54 Å². The lowest BCUT2D eigenvalue weighted by Crippen LogP contribution is -2.43. The third-order valence-corrected chi connectivity index (χ3v) is 6.14. The molecule has 108 valence electrons. The number of hydrogen-bond acceptors (Lipinski definition) is 2. The summed E-state index contributed by atoms with van der Waals surface area (Å²) in [5.41, 5.74) is 8.58. The van der Waals surface area contributed by atoms with Crippen molar-refractivity contribution in [2.24, 2.45) is 29.4 Å². The molecule has 0 saturated heterocycles. The van der Waals surface area contributed by atoms with Crippen LogP contribution in [0.4, 0.5) is 0 Å². The summed E-state index contributed by atoms with van der Waals surface area (Å²) in [6.07, 6.45) is 7.42. The van der Waals surface area contributed by atoms with Crippen LogP contribution >= 0.6 is 0 Å². The molecule has 1 aromatic rings. The first kappa shape index (κ1) is 12.7. The van der Waals surface area contributed by atoms with Gasteiger partial charge in [0, 0.05) is 12.1 Å². The van der Waals surface area contributed by atoms with E-state index in [1.807, 2.05) is 0 Å². The molecule has 4 aliphatic carbocycles. The summed E-state index contributed by atoms with van der Waals surface area (Å²) in [6.45, 7) is 0.574. The molecule has 2 heteroatoms. The summed E-state index contributed by atoms with van der Waals surface area (Å²) in [7, 11) is 1.73. The molecule has 0 heterocycles. The zero-order chi connectivity index (χ0) is 13.7. The van der Waals surface area contributed by atoms with Gasteiger partial charge in [-0.2, -0.15) is 0 Å². The lowest BCUT2D eigenvalue weighted by Gasteiger charge is -2.54. The van der Waals surface area contributed by atoms with Gasteiger partial charge >= 0.3 is 0 Å². The Morgan fingerprint density at radius 3 is 2.25 bits per heavy atom. The topological polar surface area (TPSA) is 35.2 Å². The van der Waals surface area contributed by atoms with Gasteiger partial charge < -0.3 is 10.5 Å². The largest absolute Gasteiger partial charge is 0.496 e. The standard InChI is InChI=1S/C18H25NO/c1-20-17-3-2-13(9-16(17)10-19)18-14-5-11-4-12(7-14)8-15(18)6-11/h2-3,9,11-12,14-15,18H,4-8,10,19H2,1H3. The van der Waals surface area contributed by atoms with Crippen LogP contribution < -0.4 is 10.5 Å². The first-order chi connectivity index (χ1) is 9.78. The Morgan fingerprint density at radius 2 is 1.70 bits per heavy atom. The lowest BCUT2D eigenvalue weighted by molar-refractivity contribution is -0.00281. The third kappa shape index (κ3) is 1.88. The van der Waals surface area contributed by atoms with Crippen molar-refractivity contribution < 1.29 is 4.74 Å². The van der Waals surface area contributed by atoms with Crippen molar-refractivity contribution in [1.82, 2.24) is 0 Å². The van der Waals surface area contributed by atoms with E-state index in [2.05, 4.69) is 18.2 Å². The highest BCUT2D eigenvalue weighted by molar-refractivity contribution is 5.39. The molecule has 2 nitrogen and oxygen atoms in total. The first-order valence-electron chi connectivity index (χ1n) is 8.15. The van der Waals surface area contributed by atoms with E-state index in [1.165, 1.54) is 43.2 Å². The molecule has 5 rings (SSSR count). The average molecular weight is 271 g/mol. The number of nitrogens with two attached hydrogens (primary N) is 1. The highest BCUT2D eigenvalue weighted by atomic mass is 16.5. The van der Waals surface area contributed by atoms with Crippen LogP contribution in [0.25, 0.3) is 0 Å². The van der Waals surface area contributed by atoms with Crippen LogP contribution in [0.5, 0.6) is 5.75 Å². The fourth-order valence-electron chi connectivity index (χ4n) is 5.63. The molecule has 1 aromatic carbocycles. The van der Waals surface area contributed by atoms with E-state index in [9.17, 15) is 0 Å². The molecule has 0 atom stereocenters. The summed E-state index contributed by atoms with van der Waals surface area (Å²) >= 11 is 0. The van der Waals surface area contributed by atoms with Crippen LogP contribution in [0.2, 0.25) is 0 Å². The van der Waals surface area contributed by atoms with Gasteiger partial charge in [-0.25, -0.2) is 0 Å². The molecule has 4 fully saturated rings. The maximum Gasteiger partial charge on any atom is 0.123 e. The Kier molecular flexibility index (Phi) is 3.03. The molecule has 0 aromatic heterocycles. The predicted octanol–water partition coefficient (Wildman–Crippen LogP) is 3.69. The van der Waals surface area contributed by atoms with Gasteiger partial charge in [-0.3, -0.25) is 0 Å². The van der Waals surface area contributed by atoms with E-state index in [-0.39, 0.29) is 0 Å². The Hall–Kier alpha value is -1.02. The van der Waals surface area contributed by atoms with Gasteiger partial charge in [0.15, 0.2) is 0 Å². The minimum absolute atomic E-state index is 0.574. The van der Waals surface area contributed by atoms with E-state index in [1.54, 1.807) is 7.11 Å². The van der Waals surface area contributed by atoms with Crippen LogP contribution in [0.1, 0.15) is 49.1 Å². The molecule has 0 unspecified atom stereocenters. The van der Waals surface area contributed by atoms with Gasteiger partial charge in [-0.15, -0.1) is 0 Å². The number of hydrogen-bond donors (Lipinski definition) is 1. The summed E-state index contributed by atoms with van der Waals surface area (Å²) in [5, 5.41) is 0. The molecule has 0 spiro atoms. The highest BCUT2D eigenvalue weighted by Gasteiger charge is 2.48. The smallest absolute Gasteiger partial charge is 0.123 e. The van der Waals surface area contributed by atoms with Crippen molar-refractivity contribution in [3.05, 3.63) is 29.3 Å². The van der Waals surface area contributed by atoms with Crippen LogP contribution in [-0.4, -0.2) is 7.11 Å². The van der Waals surface area contributed by atoms with Gasteiger partial charge in [0.2, 0.25) is 0 Å². The zero-order valence-corrected chi connectivity index (χ0v) is 12.3. The van der Waals surface area contributed by atoms with E-state index in [0.29, 0.717) is 6.54 Å². The maximum atomic E-state index is 5.89. The minimum Gasteiger partial charge on any atom is -0.496 e. The summed E-state index contributed by atoms with van der Waals surface area (Å²) in [4.78, 5) is 0. The van der Waals surface area contributed by atoms with Crippen molar-refractivity contribution in [1.29, 1.82) is 0 Å². The van der Waals surface area contributed by atoms with Gasteiger partial charge in [0.25, 0.3) is 0 Å². The van der Waals surface area contributed by atoms with Crippen molar-refractivity contribution >= 4 is 0 Å². The Balaban J connectivity index is 1.67. The van der Waals surface area contributed by atoms with Crippen LogP contribution in [0.3, 0.4) is 0 Å². The molecule has 2 N–H and O–H groups in total. The molecule has 0 radical (unpaired) electrons. The van der Waals surface area contributed by atoms with E-state index >= 15 is 0 Å². The van der Waals surface area contributed by atoms with Gasteiger partial charge in [-0.05, 0) is 73.3 Å². The van der Waals surface area contributed by atoms with Crippen molar-refractivity contribution in [2.45, 2.75) is 44.6 Å². The fourth-order valence-corrected chi connectivity index (χ4v) is 5.63. The molecule has 4 bridgehead atoms. The zero-order valence-electron chi connectivity index (χ0n) is 12.3. The molecule has 0 amide bonds. The molecule has 0 aliphatic heterocycles. The second-order valence-electron chi connectivity index (χ2n) is 7.23. The highest BCUT2D eigenvalue weighted by Crippen LogP contribution is 2.59. The van der Waals surface area contributed by atoms with Gasteiger partial charge in [-0.1, -0.05) is 12.1 Å². The normalized spacial score (nSPS) is 38.2. The Labute approximate surface area is 121 Å². The summed E-state index contributed by atoms with van der Waals surface area (Å²) in [6, 6.07) is 6.75. The lowest BCUT2D eigenvalue weighted by atomic mass is 9.51. The maximum absolute atomic E-state index is 5.89. The quantitative estimate of drug-likeness (QED) is 0.910. The second kappa shape index (κ2) is 4.77. The van der Waals surface area contributed by atoms with E-state index in [0.717, 1.165) is 35.3 Å². The van der Waals surface area contributed by atoms with E-state index < -0.39 is 0 Å².